The molecule has 0 aromatic carbocycles. The van der Waals surface area contributed by atoms with Gasteiger partial charge in [0.05, 0.1) is 51.8 Å². The van der Waals surface area contributed by atoms with Crippen molar-refractivity contribution in [1.29, 1.82) is 0 Å². The summed E-state index contributed by atoms with van der Waals surface area (Å²) in [5.74, 6) is -1.26. The number of unbranched alkanes of at least 4 members (excludes halogenated alkanes) is 28. The Kier molecular flexibility index (Phi) is 42.5. The third kappa shape index (κ3) is 35.7. The number of carbonyl (C=O) groups excluding carboxylic acids is 2. The number of aliphatic hydroxyl groups is 5. The Hall–Kier alpha value is -1.42. The van der Waals surface area contributed by atoms with Gasteiger partial charge in [0.1, 0.15) is 31.0 Å². The lowest BCUT2D eigenvalue weighted by atomic mass is 9.81. The van der Waals surface area contributed by atoms with Crippen molar-refractivity contribution in [2.45, 2.75) is 268 Å². The molecule has 1 saturated carbocycles. The molecule has 4 unspecified atom stereocenters. The van der Waals surface area contributed by atoms with E-state index in [2.05, 4.69) is 13.8 Å². The maximum absolute atomic E-state index is 12.7. The molecule has 0 bridgehead atoms. The van der Waals surface area contributed by atoms with Crippen molar-refractivity contribution in [2.75, 3.05) is 53.4 Å². The van der Waals surface area contributed by atoms with E-state index >= 15 is 0 Å². The number of aliphatic hydroxyl groups excluding tert-OH is 5. The minimum absolute atomic E-state index is 0.0303. The van der Waals surface area contributed by atoms with Crippen LogP contribution < -0.4 is 0 Å². The summed E-state index contributed by atoms with van der Waals surface area (Å²) in [6, 6.07) is 0. The monoisotopic (exact) mass is 947 g/mol. The molecule has 1 fully saturated rings. The number of methoxy groups -OCH3 is 1. The fourth-order valence-electron chi connectivity index (χ4n) is 8.74. The smallest absolute Gasteiger partial charge is 0.306 e. The van der Waals surface area contributed by atoms with E-state index in [9.17, 15) is 35.1 Å². The predicted octanol–water partition coefficient (Wildman–Crippen LogP) is 9.85. The van der Waals surface area contributed by atoms with Crippen LogP contribution in [0.2, 0.25) is 0 Å². The summed E-state index contributed by atoms with van der Waals surface area (Å²) in [4.78, 5) is 24.7. The summed E-state index contributed by atoms with van der Waals surface area (Å²) in [5.41, 5.74) is 0. The molecule has 392 valence electrons. The summed E-state index contributed by atoms with van der Waals surface area (Å²) < 4.78 is 32.7. The van der Waals surface area contributed by atoms with Gasteiger partial charge in [0.25, 0.3) is 0 Å². The average molecular weight is 947 g/mol. The van der Waals surface area contributed by atoms with Gasteiger partial charge in [0.2, 0.25) is 0 Å². The highest BCUT2D eigenvalue weighted by molar-refractivity contribution is 5.69. The molecular weight excluding hydrogens is 845 g/mol. The van der Waals surface area contributed by atoms with Crippen LogP contribution in [-0.4, -0.2) is 134 Å². The molecule has 1 aliphatic carbocycles. The molecule has 0 aliphatic heterocycles. The van der Waals surface area contributed by atoms with E-state index in [0.717, 1.165) is 38.5 Å². The number of carbonyl (C=O) groups is 2. The van der Waals surface area contributed by atoms with Crippen LogP contribution in [0.3, 0.4) is 0 Å². The van der Waals surface area contributed by atoms with Crippen LogP contribution >= 0.6 is 0 Å². The minimum Gasteiger partial charge on any atom is -0.463 e. The first-order valence-corrected chi connectivity index (χ1v) is 27.1. The molecule has 8 atom stereocenters. The maximum Gasteiger partial charge on any atom is 0.306 e. The quantitative estimate of drug-likeness (QED) is 0.0287. The Morgan fingerprint density at radius 1 is 0.455 bits per heavy atom. The van der Waals surface area contributed by atoms with E-state index < -0.39 is 54.6 Å². The first-order chi connectivity index (χ1) is 32.1. The van der Waals surface area contributed by atoms with Gasteiger partial charge in [-0.1, -0.05) is 194 Å². The van der Waals surface area contributed by atoms with Gasteiger partial charge in [-0.3, -0.25) is 9.59 Å². The Morgan fingerprint density at radius 2 is 0.788 bits per heavy atom. The summed E-state index contributed by atoms with van der Waals surface area (Å²) in [7, 11) is 1.48. The molecule has 0 saturated heterocycles. The molecule has 0 spiro atoms. The lowest BCUT2D eigenvalue weighted by Gasteiger charge is -2.41. The molecule has 1 rings (SSSR count). The topological polar surface area (TPSA) is 191 Å². The summed E-state index contributed by atoms with van der Waals surface area (Å²) in [6.45, 7) is 3.79. The fourth-order valence-corrected chi connectivity index (χ4v) is 8.74. The Labute approximate surface area is 402 Å². The molecule has 13 nitrogen and oxygen atoms in total. The van der Waals surface area contributed by atoms with Crippen molar-refractivity contribution in [1.82, 2.24) is 0 Å². The van der Waals surface area contributed by atoms with Crippen molar-refractivity contribution >= 4 is 11.9 Å². The zero-order valence-electron chi connectivity index (χ0n) is 42.4. The standard InChI is InChI=1S/C53H102O13/c1-4-6-8-10-12-14-16-18-20-22-24-26-28-30-32-34-49(57)65-43-47(56)42-64-41-46(55)40-63-39-45(54)38-62-37-44-36-48(61-3)53(52(60)51(44)59)66-50(58)35-33-31-29-27-25-23-21-19-17-15-13-11-9-7-5-2/h44-48,51-56,59-60H,4-43H2,1-3H3/t44-,45?,46?,47?,48?,51-,52+,53+/m1/s1. The third-order valence-corrected chi connectivity index (χ3v) is 12.9. The highest BCUT2D eigenvalue weighted by atomic mass is 16.6. The Bertz CT molecular complexity index is 1080. The number of hydrogen-bond acceptors (Lipinski definition) is 13. The number of ether oxygens (including phenoxy) is 6. The summed E-state index contributed by atoms with van der Waals surface area (Å²) in [5, 5.41) is 52.4. The largest absolute Gasteiger partial charge is 0.463 e. The molecule has 0 heterocycles. The highest BCUT2D eigenvalue weighted by Crippen LogP contribution is 2.30. The van der Waals surface area contributed by atoms with Crippen LogP contribution in [0, 0.1) is 5.92 Å². The number of esters is 2. The van der Waals surface area contributed by atoms with Crippen LogP contribution in [0.4, 0.5) is 0 Å². The van der Waals surface area contributed by atoms with Gasteiger partial charge in [-0.2, -0.15) is 0 Å². The first kappa shape index (κ1) is 62.6. The second kappa shape index (κ2) is 44.8. The van der Waals surface area contributed by atoms with Gasteiger partial charge < -0.3 is 54.0 Å². The van der Waals surface area contributed by atoms with Gasteiger partial charge in [-0.25, -0.2) is 0 Å². The van der Waals surface area contributed by atoms with E-state index in [4.69, 9.17) is 28.4 Å². The van der Waals surface area contributed by atoms with E-state index in [1.165, 1.54) is 161 Å². The van der Waals surface area contributed by atoms with Gasteiger partial charge in [0, 0.05) is 25.9 Å². The van der Waals surface area contributed by atoms with Crippen LogP contribution in [0.15, 0.2) is 0 Å². The second-order valence-electron chi connectivity index (χ2n) is 19.4. The predicted molar refractivity (Wildman–Crippen MR) is 261 cm³/mol. The lowest BCUT2D eigenvalue weighted by Crippen LogP contribution is -2.56. The molecule has 0 aromatic rings. The SMILES string of the molecule is CCCCCCCCCCCCCCCCCC(=O)OCC(O)COCC(O)COCC(O)COC[C@H]1CC(OC)[C@H](OC(=O)CCCCCCCCCCCCCCCCC)[C@@H](O)[C@@H]1O. The van der Waals surface area contributed by atoms with E-state index in [1.54, 1.807) is 0 Å². The van der Waals surface area contributed by atoms with Crippen molar-refractivity contribution in [3.05, 3.63) is 0 Å². The second-order valence-corrected chi connectivity index (χ2v) is 19.4. The summed E-state index contributed by atoms with van der Waals surface area (Å²) in [6.07, 6.45) is 31.2. The van der Waals surface area contributed by atoms with Crippen molar-refractivity contribution in [3.63, 3.8) is 0 Å². The zero-order valence-corrected chi connectivity index (χ0v) is 42.4. The molecule has 0 aromatic heterocycles. The first-order valence-electron chi connectivity index (χ1n) is 27.1. The normalized spacial score (nSPS) is 20.0. The minimum atomic E-state index is -1.34. The molecule has 13 heteroatoms. The van der Waals surface area contributed by atoms with Crippen LogP contribution in [0.1, 0.15) is 226 Å². The van der Waals surface area contributed by atoms with E-state index in [-0.39, 0.29) is 58.6 Å². The summed E-state index contributed by atoms with van der Waals surface area (Å²) >= 11 is 0. The van der Waals surface area contributed by atoms with Crippen molar-refractivity contribution in [2.24, 2.45) is 5.92 Å². The van der Waals surface area contributed by atoms with Gasteiger partial charge in [0.15, 0.2) is 6.10 Å². The number of hydrogen-bond donors (Lipinski definition) is 5. The fraction of sp³-hybridized carbons (Fsp3) is 0.962. The molecular formula is C53H102O13. The van der Waals surface area contributed by atoms with E-state index in [1.807, 2.05) is 0 Å². The van der Waals surface area contributed by atoms with Crippen LogP contribution in [-0.2, 0) is 38.0 Å². The molecule has 66 heavy (non-hydrogen) atoms. The van der Waals surface area contributed by atoms with Crippen LogP contribution in [0.25, 0.3) is 0 Å². The molecule has 1 aliphatic rings. The lowest BCUT2D eigenvalue weighted by molar-refractivity contribution is -0.200. The van der Waals surface area contributed by atoms with Gasteiger partial charge in [-0.05, 0) is 19.3 Å². The number of rotatable bonds is 48. The zero-order chi connectivity index (χ0) is 48.3. The maximum atomic E-state index is 12.7. The van der Waals surface area contributed by atoms with Crippen molar-refractivity contribution in [3.8, 4) is 0 Å². The van der Waals surface area contributed by atoms with Gasteiger partial charge in [-0.15, -0.1) is 0 Å². The molecule has 0 radical (unpaired) electrons. The van der Waals surface area contributed by atoms with Crippen molar-refractivity contribution < 1.29 is 63.5 Å². The highest BCUT2D eigenvalue weighted by Gasteiger charge is 2.46. The Balaban J connectivity index is 2.05. The molecule has 5 N–H and O–H groups in total. The Morgan fingerprint density at radius 3 is 1.17 bits per heavy atom. The van der Waals surface area contributed by atoms with Crippen LogP contribution in [0.5, 0.6) is 0 Å². The molecule has 0 amide bonds. The van der Waals surface area contributed by atoms with E-state index in [0.29, 0.717) is 12.8 Å². The van der Waals surface area contributed by atoms with Gasteiger partial charge >= 0.3 is 11.9 Å². The average Bonchev–Trinajstić information content (AvgIpc) is 3.30. The third-order valence-electron chi connectivity index (χ3n) is 12.9.